The third-order valence-corrected chi connectivity index (χ3v) is 6.80. The van der Waals surface area contributed by atoms with Crippen LogP contribution in [0.2, 0.25) is 4.34 Å². The Morgan fingerprint density at radius 2 is 2.00 bits per heavy atom. The molecule has 0 radical (unpaired) electrons. The maximum absolute atomic E-state index is 12.3. The number of hydrogen-bond donors (Lipinski definition) is 2. The molecule has 4 nitrogen and oxygen atoms in total. The molecular weight excluding hydrogens is 292 g/mol. The Kier molecular flexibility index (Phi) is 5.20. The number of nitrogens with two attached hydrogens (primary N) is 1. The first kappa shape index (κ1) is 15.9. The zero-order chi connectivity index (χ0) is 14.0. The summed E-state index contributed by atoms with van der Waals surface area (Å²) in [7, 11) is -3.55. The third-order valence-electron chi connectivity index (χ3n) is 3.19. The molecule has 0 saturated carbocycles. The normalized spacial score (nSPS) is 12.9. The quantitative estimate of drug-likeness (QED) is 0.848. The lowest BCUT2D eigenvalue weighted by Crippen LogP contribution is -2.52. The summed E-state index contributed by atoms with van der Waals surface area (Å²) in [6.45, 7) is 5.90. The number of hydrogen-bond acceptors (Lipinski definition) is 4. The van der Waals surface area contributed by atoms with Gasteiger partial charge in [-0.2, -0.15) is 0 Å². The molecule has 1 aromatic rings. The minimum atomic E-state index is -3.55. The van der Waals surface area contributed by atoms with Gasteiger partial charge in [-0.3, -0.25) is 0 Å². The standard InChI is InChI=1S/C11H19ClN2O2S2/c1-4-11(5-2,7-13)14-18(15,16)9-6-8(3)10(12)17-9/h6,14H,4-5,7,13H2,1-3H3. The van der Waals surface area contributed by atoms with Crippen molar-refractivity contribution in [3.63, 3.8) is 0 Å². The van der Waals surface area contributed by atoms with Crippen molar-refractivity contribution in [1.29, 1.82) is 0 Å². The smallest absolute Gasteiger partial charge is 0.250 e. The predicted molar refractivity (Wildman–Crippen MR) is 76.8 cm³/mol. The van der Waals surface area contributed by atoms with Crippen LogP contribution in [0.1, 0.15) is 32.3 Å². The summed E-state index contributed by atoms with van der Waals surface area (Å²) in [5.74, 6) is 0. The molecule has 0 aromatic carbocycles. The van der Waals surface area contributed by atoms with Crippen LogP contribution in [-0.2, 0) is 10.0 Å². The Bertz CT molecular complexity index is 479. The second-order valence-electron chi connectivity index (χ2n) is 4.32. The van der Waals surface area contributed by atoms with Crippen LogP contribution in [0.15, 0.2) is 10.3 Å². The topological polar surface area (TPSA) is 72.2 Å². The van der Waals surface area contributed by atoms with E-state index in [2.05, 4.69) is 4.72 Å². The SMILES string of the molecule is CCC(CC)(CN)NS(=O)(=O)c1cc(C)c(Cl)s1. The van der Waals surface area contributed by atoms with E-state index in [4.69, 9.17) is 17.3 Å². The van der Waals surface area contributed by atoms with Gasteiger partial charge in [-0.1, -0.05) is 25.4 Å². The lowest BCUT2D eigenvalue weighted by Gasteiger charge is -2.30. The molecule has 0 fully saturated rings. The van der Waals surface area contributed by atoms with Crippen molar-refractivity contribution in [2.45, 2.75) is 43.4 Å². The first-order chi connectivity index (χ1) is 8.30. The summed E-state index contributed by atoms with van der Waals surface area (Å²) in [5, 5.41) is 0. The van der Waals surface area contributed by atoms with E-state index in [0.717, 1.165) is 16.9 Å². The molecule has 1 rings (SSSR count). The largest absolute Gasteiger partial charge is 0.329 e. The molecule has 0 spiro atoms. The van der Waals surface area contributed by atoms with Gasteiger partial charge in [-0.15, -0.1) is 11.3 Å². The van der Waals surface area contributed by atoms with Crippen LogP contribution in [0, 0.1) is 6.92 Å². The fourth-order valence-electron chi connectivity index (χ4n) is 1.62. The Morgan fingerprint density at radius 1 is 1.44 bits per heavy atom. The van der Waals surface area contributed by atoms with Crippen molar-refractivity contribution >= 4 is 33.0 Å². The van der Waals surface area contributed by atoms with Gasteiger partial charge in [0.15, 0.2) is 0 Å². The first-order valence-corrected chi connectivity index (χ1v) is 8.48. The van der Waals surface area contributed by atoms with Crippen LogP contribution in [-0.4, -0.2) is 20.5 Å². The zero-order valence-electron chi connectivity index (χ0n) is 10.8. The average Bonchev–Trinajstić information content (AvgIpc) is 2.68. The average molecular weight is 311 g/mol. The van der Waals surface area contributed by atoms with Crippen molar-refractivity contribution in [3.05, 3.63) is 16.0 Å². The Hall–Kier alpha value is -0.140. The van der Waals surface area contributed by atoms with Gasteiger partial charge in [0.1, 0.15) is 4.21 Å². The summed E-state index contributed by atoms with van der Waals surface area (Å²) >= 11 is 6.98. The number of aryl methyl sites for hydroxylation is 1. The van der Waals surface area contributed by atoms with Gasteiger partial charge in [0.25, 0.3) is 10.0 Å². The van der Waals surface area contributed by atoms with Gasteiger partial charge in [0.05, 0.1) is 4.34 Å². The summed E-state index contributed by atoms with van der Waals surface area (Å²) in [6.07, 6.45) is 1.30. The molecule has 1 aromatic heterocycles. The summed E-state index contributed by atoms with van der Waals surface area (Å²) in [4.78, 5) is 0. The van der Waals surface area contributed by atoms with Crippen molar-refractivity contribution in [1.82, 2.24) is 4.72 Å². The molecule has 0 atom stereocenters. The van der Waals surface area contributed by atoms with E-state index in [1.54, 1.807) is 13.0 Å². The molecular formula is C11H19ClN2O2S2. The van der Waals surface area contributed by atoms with Gasteiger partial charge in [0, 0.05) is 12.1 Å². The molecule has 0 aliphatic carbocycles. The van der Waals surface area contributed by atoms with Crippen molar-refractivity contribution < 1.29 is 8.42 Å². The third kappa shape index (κ3) is 3.24. The van der Waals surface area contributed by atoms with Crippen LogP contribution in [0.25, 0.3) is 0 Å². The number of thiophene rings is 1. The van der Waals surface area contributed by atoms with Crippen LogP contribution < -0.4 is 10.5 Å². The highest BCUT2D eigenvalue weighted by atomic mass is 35.5. The molecule has 0 bridgehead atoms. The summed E-state index contributed by atoms with van der Waals surface area (Å²) < 4.78 is 28.0. The lowest BCUT2D eigenvalue weighted by molar-refractivity contribution is 0.363. The Morgan fingerprint density at radius 3 is 2.33 bits per heavy atom. The van der Waals surface area contributed by atoms with E-state index in [1.807, 2.05) is 13.8 Å². The van der Waals surface area contributed by atoms with Crippen LogP contribution in [0.5, 0.6) is 0 Å². The minimum absolute atomic E-state index is 0.240. The Balaban J connectivity index is 3.08. The molecule has 0 aliphatic heterocycles. The molecule has 1 heterocycles. The van der Waals surface area contributed by atoms with Crippen LogP contribution in [0.3, 0.4) is 0 Å². The van der Waals surface area contributed by atoms with Gasteiger partial charge in [0.2, 0.25) is 0 Å². The van der Waals surface area contributed by atoms with E-state index in [-0.39, 0.29) is 10.8 Å². The maximum atomic E-state index is 12.3. The highest BCUT2D eigenvalue weighted by molar-refractivity contribution is 7.91. The predicted octanol–water partition coefficient (Wildman–Crippen LogP) is 2.51. The fraction of sp³-hybridized carbons (Fsp3) is 0.636. The number of nitrogens with one attached hydrogen (secondary N) is 1. The molecule has 18 heavy (non-hydrogen) atoms. The van der Waals surface area contributed by atoms with E-state index < -0.39 is 15.6 Å². The monoisotopic (exact) mass is 310 g/mol. The van der Waals surface area contributed by atoms with Crippen molar-refractivity contribution in [2.24, 2.45) is 5.73 Å². The molecule has 104 valence electrons. The van der Waals surface area contributed by atoms with E-state index in [9.17, 15) is 8.42 Å². The second-order valence-corrected chi connectivity index (χ2v) is 7.88. The van der Waals surface area contributed by atoms with E-state index in [1.165, 1.54) is 0 Å². The maximum Gasteiger partial charge on any atom is 0.250 e. The van der Waals surface area contributed by atoms with Crippen molar-refractivity contribution in [2.75, 3.05) is 6.54 Å². The highest BCUT2D eigenvalue weighted by Gasteiger charge is 2.31. The summed E-state index contributed by atoms with van der Waals surface area (Å²) in [5.41, 5.74) is 5.89. The first-order valence-electron chi connectivity index (χ1n) is 5.80. The number of halogens is 1. The molecule has 0 unspecified atom stereocenters. The molecule has 0 amide bonds. The second kappa shape index (κ2) is 5.88. The van der Waals surface area contributed by atoms with Gasteiger partial charge >= 0.3 is 0 Å². The Labute approximate surface area is 118 Å². The molecule has 0 saturated heterocycles. The molecule has 7 heteroatoms. The highest BCUT2D eigenvalue weighted by Crippen LogP contribution is 2.31. The van der Waals surface area contributed by atoms with E-state index in [0.29, 0.717) is 17.2 Å². The number of sulfonamides is 1. The van der Waals surface area contributed by atoms with E-state index >= 15 is 0 Å². The van der Waals surface area contributed by atoms with Crippen molar-refractivity contribution in [3.8, 4) is 0 Å². The van der Waals surface area contributed by atoms with Gasteiger partial charge in [-0.05, 0) is 31.4 Å². The molecule has 0 aliphatic rings. The lowest BCUT2D eigenvalue weighted by atomic mass is 9.95. The zero-order valence-corrected chi connectivity index (χ0v) is 13.2. The fourth-order valence-corrected chi connectivity index (χ4v) is 4.89. The summed E-state index contributed by atoms with van der Waals surface area (Å²) in [6, 6.07) is 1.59. The minimum Gasteiger partial charge on any atom is -0.329 e. The van der Waals surface area contributed by atoms with Gasteiger partial charge < -0.3 is 5.73 Å². The molecule has 3 N–H and O–H groups in total. The van der Waals surface area contributed by atoms with Gasteiger partial charge in [-0.25, -0.2) is 13.1 Å². The van der Waals surface area contributed by atoms with Crippen LogP contribution >= 0.6 is 22.9 Å². The number of rotatable bonds is 6. The van der Waals surface area contributed by atoms with Crippen LogP contribution in [0.4, 0.5) is 0 Å².